The average Bonchev–Trinajstić information content (AvgIpc) is 2.71. The Morgan fingerprint density at radius 2 is 1.28 bits per heavy atom. The zero-order chi connectivity index (χ0) is 21.8. The summed E-state index contributed by atoms with van der Waals surface area (Å²) < 4.78 is 0. The summed E-state index contributed by atoms with van der Waals surface area (Å²) in [4.78, 5) is 24.8. The highest BCUT2D eigenvalue weighted by atomic mass is 16.4. The van der Waals surface area contributed by atoms with Crippen LogP contribution in [0.3, 0.4) is 0 Å². The Hall–Kier alpha value is -1.32. The molecular weight excluding hydrogens is 364 g/mol. The third-order valence-electron chi connectivity index (χ3n) is 7.38. The Kier molecular flexibility index (Phi) is 11.6. The lowest BCUT2D eigenvalue weighted by Crippen LogP contribution is -2.56. The molecule has 3 atom stereocenters. The Labute approximate surface area is 178 Å². The topological polar surface area (TPSA) is 74.6 Å². The van der Waals surface area contributed by atoms with Gasteiger partial charge in [0.25, 0.3) is 0 Å². The molecule has 168 valence electrons. The lowest BCUT2D eigenvalue weighted by Gasteiger charge is -2.50. The fourth-order valence-corrected chi connectivity index (χ4v) is 5.26. The maximum Gasteiger partial charge on any atom is 0.311 e. The average molecular weight is 409 g/mol. The van der Waals surface area contributed by atoms with Crippen LogP contribution in [0.15, 0.2) is 12.2 Å². The van der Waals surface area contributed by atoms with Crippen LogP contribution in [-0.2, 0) is 9.59 Å². The van der Waals surface area contributed by atoms with Crippen molar-refractivity contribution in [2.45, 2.75) is 117 Å². The summed E-state index contributed by atoms with van der Waals surface area (Å²) in [7, 11) is 0. The molecule has 2 N–H and O–H groups in total. The summed E-state index contributed by atoms with van der Waals surface area (Å²) in [6.45, 7) is 6.11. The van der Waals surface area contributed by atoms with E-state index in [1.165, 1.54) is 51.4 Å². The molecule has 4 heteroatoms. The van der Waals surface area contributed by atoms with Gasteiger partial charge in [-0.25, -0.2) is 0 Å². The monoisotopic (exact) mass is 408 g/mol. The molecule has 0 aromatic heterocycles. The fourth-order valence-electron chi connectivity index (χ4n) is 5.26. The van der Waals surface area contributed by atoms with Crippen molar-refractivity contribution in [2.24, 2.45) is 16.7 Å². The smallest absolute Gasteiger partial charge is 0.311 e. The van der Waals surface area contributed by atoms with E-state index in [2.05, 4.69) is 6.92 Å². The maximum absolute atomic E-state index is 12.4. The van der Waals surface area contributed by atoms with E-state index in [4.69, 9.17) is 0 Å². The molecule has 0 bridgehead atoms. The number of carbonyl (C=O) groups is 2. The lowest BCUT2D eigenvalue weighted by molar-refractivity contribution is -0.182. The molecular formula is C25H44O4. The number of allylic oxidation sites excluding steroid dienone is 2. The van der Waals surface area contributed by atoms with Gasteiger partial charge in [0, 0.05) is 0 Å². The van der Waals surface area contributed by atoms with E-state index in [9.17, 15) is 19.8 Å². The van der Waals surface area contributed by atoms with E-state index in [0.717, 1.165) is 19.3 Å². The molecule has 0 saturated carbocycles. The fraction of sp³-hybridized carbons (Fsp3) is 0.840. The first-order chi connectivity index (χ1) is 13.9. The van der Waals surface area contributed by atoms with Crippen LogP contribution in [-0.4, -0.2) is 22.2 Å². The first-order valence-corrected chi connectivity index (χ1v) is 12.0. The molecule has 1 aliphatic rings. The maximum atomic E-state index is 12.4. The SMILES string of the molecule is CCCCCCCCCCCCCC1(C(=O)O)CC=CCC1(C(=O)O)C(C)CC. The van der Waals surface area contributed by atoms with Gasteiger partial charge in [-0.05, 0) is 25.2 Å². The van der Waals surface area contributed by atoms with Crippen LogP contribution in [0.5, 0.6) is 0 Å². The van der Waals surface area contributed by atoms with Gasteiger partial charge < -0.3 is 10.2 Å². The Balaban J connectivity index is 2.58. The second-order valence-electron chi connectivity index (χ2n) is 9.14. The number of rotatable bonds is 16. The van der Waals surface area contributed by atoms with Crippen molar-refractivity contribution in [3.8, 4) is 0 Å². The van der Waals surface area contributed by atoms with E-state index in [1.807, 2.05) is 26.0 Å². The highest BCUT2D eigenvalue weighted by Gasteiger charge is 2.62. The molecule has 0 aliphatic heterocycles. The Morgan fingerprint density at radius 3 is 1.72 bits per heavy atom. The van der Waals surface area contributed by atoms with Gasteiger partial charge in [0.15, 0.2) is 0 Å². The van der Waals surface area contributed by atoms with E-state index in [0.29, 0.717) is 25.7 Å². The zero-order valence-electron chi connectivity index (χ0n) is 19.0. The summed E-state index contributed by atoms with van der Waals surface area (Å²) >= 11 is 0. The summed E-state index contributed by atoms with van der Waals surface area (Å²) in [5, 5.41) is 20.3. The van der Waals surface area contributed by atoms with Crippen molar-refractivity contribution in [1.82, 2.24) is 0 Å². The minimum absolute atomic E-state index is 0.172. The first kappa shape index (κ1) is 25.7. The quantitative estimate of drug-likeness (QED) is 0.209. The normalized spacial score (nSPS) is 25.1. The predicted octanol–water partition coefficient (Wildman–Crippen LogP) is 7.23. The summed E-state index contributed by atoms with van der Waals surface area (Å²) in [6, 6.07) is 0. The Morgan fingerprint density at radius 1 is 0.793 bits per heavy atom. The molecule has 4 nitrogen and oxygen atoms in total. The second kappa shape index (κ2) is 13.1. The van der Waals surface area contributed by atoms with Crippen molar-refractivity contribution in [3.05, 3.63) is 12.2 Å². The van der Waals surface area contributed by atoms with Gasteiger partial charge >= 0.3 is 11.9 Å². The molecule has 0 aromatic rings. The van der Waals surface area contributed by atoms with Gasteiger partial charge in [0.1, 0.15) is 0 Å². The minimum Gasteiger partial charge on any atom is -0.481 e. The third-order valence-corrected chi connectivity index (χ3v) is 7.38. The third kappa shape index (κ3) is 6.33. The highest BCUT2D eigenvalue weighted by Crippen LogP contribution is 2.57. The van der Waals surface area contributed by atoms with Crippen LogP contribution in [0.1, 0.15) is 117 Å². The standard InChI is InChI=1S/C25H44O4/c1-4-6-7-8-9-10-11-12-13-14-15-18-24(22(26)27)19-16-17-20-25(24,23(28)29)21(3)5-2/h16-17,21H,4-15,18-20H2,1-3H3,(H,26,27)(H,28,29). The van der Waals surface area contributed by atoms with Gasteiger partial charge in [0.2, 0.25) is 0 Å². The molecule has 0 amide bonds. The number of aliphatic carboxylic acids is 2. The zero-order valence-corrected chi connectivity index (χ0v) is 19.0. The van der Waals surface area contributed by atoms with E-state index in [1.54, 1.807) is 0 Å². The molecule has 0 spiro atoms. The van der Waals surface area contributed by atoms with Gasteiger partial charge in [-0.15, -0.1) is 0 Å². The second-order valence-corrected chi connectivity index (χ2v) is 9.14. The largest absolute Gasteiger partial charge is 0.481 e. The van der Waals surface area contributed by atoms with Gasteiger partial charge in [-0.2, -0.15) is 0 Å². The highest BCUT2D eigenvalue weighted by molar-refractivity contribution is 5.87. The first-order valence-electron chi connectivity index (χ1n) is 12.0. The molecule has 3 unspecified atom stereocenters. The predicted molar refractivity (Wildman–Crippen MR) is 119 cm³/mol. The number of hydrogen-bond acceptors (Lipinski definition) is 2. The number of carboxylic acid groups (broad SMARTS) is 2. The van der Waals surface area contributed by atoms with Crippen LogP contribution in [0, 0.1) is 16.7 Å². The molecule has 29 heavy (non-hydrogen) atoms. The van der Waals surface area contributed by atoms with Crippen LogP contribution in [0.25, 0.3) is 0 Å². The molecule has 0 aromatic carbocycles. The van der Waals surface area contributed by atoms with Crippen molar-refractivity contribution < 1.29 is 19.8 Å². The van der Waals surface area contributed by atoms with Crippen molar-refractivity contribution in [1.29, 1.82) is 0 Å². The van der Waals surface area contributed by atoms with Gasteiger partial charge in [-0.1, -0.05) is 110 Å². The molecule has 0 heterocycles. The minimum atomic E-state index is -1.21. The molecule has 1 aliphatic carbocycles. The van der Waals surface area contributed by atoms with Gasteiger partial charge in [0.05, 0.1) is 10.8 Å². The molecule has 0 saturated heterocycles. The summed E-state index contributed by atoms with van der Waals surface area (Å²) in [6.07, 6.45) is 18.8. The van der Waals surface area contributed by atoms with Crippen molar-refractivity contribution in [2.75, 3.05) is 0 Å². The van der Waals surface area contributed by atoms with E-state index < -0.39 is 22.8 Å². The summed E-state index contributed by atoms with van der Waals surface area (Å²) in [5.74, 6) is -2.05. The number of hydrogen-bond donors (Lipinski definition) is 2. The van der Waals surface area contributed by atoms with E-state index >= 15 is 0 Å². The number of carboxylic acids is 2. The molecule has 0 fully saturated rings. The molecule has 1 rings (SSSR count). The van der Waals surface area contributed by atoms with E-state index in [-0.39, 0.29) is 5.92 Å². The lowest BCUT2D eigenvalue weighted by atomic mass is 9.50. The molecule has 0 radical (unpaired) electrons. The van der Waals surface area contributed by atoms with Crippen LogP contribution in [0.2, 0.25) is 0 Å². The Bertz CT molecular complexity index is 527. The van der Waals surface area contributed by atoms with Gasteiger partial charge in [-0.3, -0.25) is 9.59 Å². The number of unbranched alkanes of at least 4 members (excludes halogenated alkanes) is 10. The van der Waals surface area contributed by atoms with Crippen LogP contribution in [0.4, 0.5) is 0 Å². The summed E-state index contributed by atoms with van der Waals surface area (Å²) in [5.41, 5.74) is -2.40. The van der Waals surface area contributed by atoms with Crippen molar-refractivity contribution >= 4 is 11.9 Å². The van der Waals surface area contributed by atoms with Crippen molar-refractivity contribution in [3.63, 3.8) is 0 Å². The van der Waals surface area contributed by atoms with Crippen LogP contribution < -0.4 is 0 Å². The van der Waals surface area contributed by atoms with Crippen LogP contribution >= 0.6 is 0 Å².